The van der Waals surface area contributed by atoms with Crippen LogP contribution in [0.2, 0.25) is 0 Å². The van der Waals surface area contributed by atoms with Crippen LogP contribution in [0.5, 0.6) is 0 Å². The van der Waals surface area contributed by atoms with Gasteiger partial charge in [-0.25, -0.2) is 4.68 Å². The van der Waals surface area contributed by atoms with Crippen molar-refractivity contribution in [2.75, 3.05) is 13.1 Å². The quantitative estimate of drug-likeness (QED) is 0.427. The summed E-state index contributed by atoms with van der Waals surface area (Å²) in [5.74, 6) is 0.125. The summed E-state index contributed by atoms with van der Waals surface area (Å²) >= 11 is 0. The Bertz CT molecular complexity index is 1160. The Balaban J connectivity index is 1.51. The molecule has 0 spiro atoms. The molecule has 0 radical (unpaired) electrons. The summed E-state index contributed by atoms with van der Waals surface area (Å²) in [6, 6.07) is 30.4. The minimum Gasteiger partial charge on any atom is -0.339 e. The van der Waals surface area contributed by atoms with Crippen molar-refractivity contribution in [1.82, 2.24) is 14.7 Å². The minimum atomic E-state index is 0.125. The first kappa shape index (κ1) is 19.3. The van der Waals surface area contributed by atoms with Crippen LogP contribution in [0.1, 0.15) is 29.6 Å². The lowest BCUT2D eigenvalue weighted by Crippen LogP contribution is -2.35. The lowest BCUT2D eigenvalue weighted by atomic mass is 10.1. The molecular formula is C27H25N3O. The first-order valence-corrected chi connectivity index (χ1v) is 10.9. The fourth-order valence-corrected chi connectivity index (χ4v) is 4.17. The van der Waals surface area contributed by atoms with Gasteiger partial charge in [0, 0.05) is 29.8 Å². The van der Waals surface area contributed by atoms with Crippen LogP contribution in [0.4, 0.5) is 0 Å². The molecule has 1 aliphatic rings. The van der Waals surface area contributed by atoms with Crippen molar-refractivity contribution in [3.05, 3.63) is 96.6 Å². The fourth-order valence-electron chi connectivity index (χ4n) is 4.17. The second-order valence-electron chi connectivity index (χ2n) is 7.96. The molecule has 1 fully saturated rings. The number of likely N-dealkylation sites (tertiary alicyclic amines) is 1. The number of hydrogen-bond acceptors (Lipinski definition) is 2. The fraction of sp³-hybridized carbons (Fsp3) is 0.185. The summed E-state index contributed by atoms with van der Waals surface area (Å²) in [5.41, 5.74) is 5.81. The van der Waals surface area contributed by atoms with Crippen molar-refractivity contribution in [2.45, 2.75) is 19.3 Å². The van der Waals surface area contributed by atoms with Crippen LogP contribution in [0, 0.1) is 0 Å². The molecule has 2 heterocycles. The van der Waals surface area contributed by atoms with Gasteiger partial charge in [0.2, 0.25) is 0 Å². The molecule has 0 saturated carbocycles. The van der Waals surface area contributed by atoms with E-state index in [9.17, 15) is 4.79 Å². The number of hydrogen-bond donors (Lipinski definition) is 0. The lowest BCUT2D eigenvalue weighted by molar-refractivity contribution is 0.0724. The van der Waals surface area contributed by atoms with Crippen LogP contribution < -0.4 is 0 Å². The zero-order chi connectivity index (χ0) is 21.0. The zero-order valence-electron chi connectivity index (χ0n) is 17.4. The SMILES string of the molecule is O=C(c1ccc(-n2nc(-c3ccccc3)cc2-c2ccccc2)cc1)N1CCCCC1. The van der Waals surface area contributed by atoms with E-state index in [1.807, 2.05) is 70.2 Å². The Morgan fingerprint density at radius 2 is 1.32 bits per heavy atom. The van der Waals surface area contributed by atoms with E-state index in [4.69, 9.17) is 5.10 Å². The number of piperidine rings is 1. The maximum Gasteiger partial charge on any atom is 0.253 e. The molecule has 4 aromatic rings. The highest BCUT2D eigenvalue weighted by molar-refractivity contribution is 5.94. The highest BCUT2D eigenvalue weighted by Gasteiger charge is 2.19. The molecule has 4 nitrogen and oxygen atoms in total. The highest BCUT2D eigenvalue weighted by atomic mass is 16.2. The van der Waals surface area contributed by atoms with E-state index < -0.39 is 0 Å². The van der Waals surface area contributed by atoms with Crippen molar-refractivity contribution >= 4 is 5.91 Å². The molecule has 1 aliphatic heterocycles. The molecule has 3 aromatic carbocycles. The molecule has 4 heteroatoms. The average Bonchev–Trinajstić information content (AvgIpc) is 3.31. The van der Waals surface area contributed by atoms with E-state index in [-0.39, 0.29) is 5.91 Å². The third-order valence-corrected chi connectivity index (χ3v) is 5.85. The van der Waals surface area contributed by atoms with Gasteiger partial charge in [0.25, 0.3) is 5.91 Å². The van der Waals surface area contributed by atoms with E-state index in [0.29, 0.717) is 0 Å². The molecular weight excluding hydrogens is 382 g/mol. The van der Waals surface area contributed by atoms with Crippen molar-refractivity contribution in [3.8, 4) is 28.2 Å². The van der Waals surface area contributed by atoms with E-state index in [2.05, 4.69) is 30.3 Å². The Kier molecular flexibility index (Phi) is 5.36. The van der Waals surface area contributed by atoms with Gasteiger partial charge in [-0.2, -0.15) is 5.10 Å². The first-order chi connectivity index (χ1) is 15.3. The van der Waals surface area contributed by atoms with Gasteiger partial charge < -0.3 is 4.90 Å². The summed E-state index contributed by atoms with van der Waals surface area (Å²) in [5, 5.41) is 4.91. The molecule has 0 atom stereocenters. The third-order valence-electron chi connectivity index (χ3n) is 5.85. The molecule has 1 amide bonds. The van der Waals surface area contributed by atoms with Gasteiger partial charge in [0.05, 0.1) is 17.1 Å². The molecule has 0 N–H and O–H groups in total. The van der Waals surface area contributed by atoms with E-state index >= 15 is 0 Å². The molecule has 0 bridgehead atoms. The van der Waals surface area contributed by atoms with Gasteiger partial charge in [0.1, 0.15) is 0 Å². The topological polar surface area (TPSA) is 38.1 Å². The predicted molar refractivity (Wildman–Crippen MR) is 124 cm³/mol. The van der Waals surface area contributed by atoms with Crippen molar-refractivity contribution in [2.24, 2.45) is 0 Å². The largest absolute Gasteiger partial charge is 0.339 e. The average molecular weight is 408 g/mol. The maximum absolute atomic E-state index is 12.8. The Morgan fingerprint density at radius 1 is 0.710 bits per heavy atom. The molecule has 31 heavy (non-hydrogen) atoms. The summed E-state index contributed by atoms with van der Waals surface area (Å²) in [6.45, 7) is 1.72. The van der Waals surface area contributed by atoms with Crippen molar-refractivity contribution in [1.29, 1.82) is 0 Å². The van der Waals surface area contributed by atoms with Crippen molar-refractivity contribution < 1.29 is 4.79 Å². The summed E-state index contributed by atoms with van der Waals surface area (Å²) in [4.78, 5) is 14.8. The number of rotatable bonds is 4. The van der Waals surface area contributed by atoms with Crippen LogP contribution in [0.25, 0.3) is 28.2 Å². The van der Waals surface area contributed by atoms with Gasteiger partial charge in [-0.15, -0.1) is 0 Å². The molecule has 1 saturated heterocycles. The van der Waals surface area contributed by atoms with Gasteiger partial charge in [-0.05, 0) is 49.6 Å². The number of benzene rings is 3. The first-order valence-electron chi connectivity index (χ1n) is 10.9. The molecule has 0 aliphatic carbocycles. The third kappa shape index (κ3) is 4.02. The normalized spacial score (nSPS) is 13.9. The van der Waals surface area contributed by atoms with Crippen molar-refractivity contribution in [3.63, 3.8) is 0 Å². The highest BCUT2D eigenvalue weighted by Crippen LogP contribution is 2.29. The monoisotopic (exact) mass is 407 g/mol. The molecule has 0 unspecified atom stereocenters. The standard InChI is InChI=1S/C27H25N3O/c31-27(29-18-8-3-9-19-29)23-14-16-24(17-15-23)30-26(22-12-6-2-7-13-22)20-25(28-30)21-10-4-1-5-11-21/h1-2,4-7,10-17,20H,3,8-9,18-19H2. The zero-order valence-corrected chi connectivity index (χ0v) is 17.4. The number of aromatic nitrogens is 2. The number of nitrogens with zero attached hydrogens (tertiary/aromatic N) is 3. The van der Waals surface area contributed by atoms with Gasteiger partial charge in [-0.3, -0.25) is 4.79 Å². The second kappa shape index (κ2) is 8.60. The molecule has 1 aromatic heterocycles. The maximum atomic E-state index is 12.8. The number of carbonyl (C=O) groups excluding carboxylic acids is 1. The summed E-state index contributed by atoms with van der Waals surface area (Å²) in [7, 11) is 0. The van der Waals surface area contributed by atoms with E-state index in [0.717, 1.165) is 59.7 Å². The van der Waals surface area contributed by atoms with Gasteiger partial charge in [0.15, 0.2) is 0 Å². The molecule has 154 valence electrons. The van der Waals surface area contributed by atoms with Crippen LogP contribution in [-0.4, -0.2) is 33.7 Å². The summed E-state index contributed by atoms with van der Waals surface area (Å²) in [6.07, 6.45) is 3.41. The van der Waals surface area contributed by atoms with Crippen LogP contribution in [0.15, 0.2) is 91.0 Å². The van der Waals surface area contributed by atoms with E-state index in [1.165, 1.54) is 6.42 Å². The number of amides is 1. The lowest BCUT2D eigenvalue weighted by Gasteiger charge is -2.26. The van der Waals surface area contributed by atoms with Crippen LogP contribution in [0.3, 0.4) is 0 Å². The minimum absolute atomic E-state index is 0.125. The predicted octanol–water partition coefficient (Wildman–Crippen LogP) is 5.83. The Labute approximate surface area is 182 Å². The second-order valence-corrected chi connectivity index (χ2v) is 7.96. The van der Waals surface area contributed by atoms with Crippen LogP contribution >= 0.6 is 0 Å². The van der Waals surface area contributed by atoms with E-state index in [1.54, 1.807) is 0 Å². The molecule has 5 rings (SSSR count). The number of carbonyl (C=O) groups is 1. The smallest absolute Gasteiger partial charge is 0.253 e. The summed E-state index contributed by atoms with van der Waals surface area (Å²) < 4.78 is 1.97. The van der Waals surface area contributed by atoms with Gasteiger partial charge in [-0.1, -0.05) is 60.7 Å². The Morgan fingerprint density at radius 3 is 1.97 bits per heavy atom. The van der Waals surface area contributed by atoms with Crippen LogP contribution in [-0.2, 0) is 0 Å². The van der Waals surface area contributed by atoms with Gasteiger partial charge >= 0.3 is 0 Å². The Hall–Kier alpha value is -3.66.